The first-order valence-corrected chi connectivity index (χ1v) is 23.6. The van der Waals surface area contributed by atoms with E-state index in [-0.39, 0.29) is 40.6 Å². The van der Waals surface area contributed by atoms with Crippen molar-refractivity contribution in [2.45, 2.75) is 51.8 Å². The zero-order valence-electron chi connectivity index (χ0n) is 42.9. The van der Waals surface area contributed by atoms with Gasteiger partial charge in [0, 0.05) is 0 Å². The fraction of sp³-hybridized carbons (Fsp3) is 0.542. The molecule has 0 heterocycles. The summed E-state index contributed by atoms with van der Waals surface area (Å²) in [4.78, 5) is 21.0. The van der Waals surface area contributed by atoms with Crippen LogP contribution in [-0.4, -0.2) is 135 Å². The molecule has 0 aliphatic heterocycles. The molecule has 0 bridgehead atoms. The van der Waals surface area contributed by atoms with Gasteiger partial charge in [0.2, 0.25) is 0 Å². The largest absolute Gasteiger partial charge is 1.00 e. The van der Waals surface area contributed by atoms with Gasteiger partial charge < -0.3 is 37.2 Å². The van der Waals surface area contributed by atoms with Crippen LogP contribution in [0.3, 0.4) is 0 Å². The summed E-state index contributed by atoms with van der Waals surface area (Å²) in [6.45, 7) is 16.9. The van der Waals surface area contributed by atoms with E-state index in [0.717, 1.165) is 0 Å². The number of allylic oxidation sites excluding steroid dienone is 4. The predicted octanol–water partition coefficient (Wildman–Crippen LogP) is -2.38. The van der Waals surface area contributed by atoms with E-state index in [1.165, 1.54) is 106 Å². The molecule has 9 nitrogen and oxygen atoms in total. The number of rotatable bonds is 13. The van der Waals surface area contributed by atoms with E-state index in [2.05, 4.69) is 258 Å². The molecule has 4 rings (SSSR count). The summed E-state index contributed by atoms with van der Waals surface area (Å²) in [5, 5.41) is 4.35. The number of hydrogen-bond donors (Lipinski definition) is 0. The van der Waals surface area contributed by atoms with Gasteiger partial charge in [-0.25, -0.2) is 0 Å². The Bertz CT molecular complexity index is 1970. The van der Waals surface area contributed by atoms with Crippen LogP contribution in [0.15, 0.2) is 40.5 Å². The van der Waals surface area contributed by atoms with E-state index < -0.39 is 8.07 Å². The maximum absolute atomic E-state index is 3.43. The average molecular weight is 964 g/mol. The second kappa shape index (κ2) is 20.5. The van der Waals surface area contributed by atoms with E-state index >= 15 is 0 Å². The molecular weight excluding hydrogens is 885 g/mol. The molecule has 1 aliphatic carbocycles. The van der Waals surface area contributed by atoms with Gasteiger partial charge in [0.05, 0.1) is 0 Å². The Hall–Kier alpha value is -2.86. The zero-order valence-corrected chi connectivity index (χ0v) is 47.7. The first-order chi connectivity index (χ1) is 27.1. The summed E-state index contributed by atoms with van der Waals surface area (Å²) in [7, 11) is 36.3. The van der Waals surface area contributed by atoms with Gasteiger partial charge in [0.25, 0.3) is 0 Å². The molecule has 0 N–H and O–H groups in total. The SMILES string of the molecule is CC1=C(C)[C]([Ti+3])([Si](c2cc(N(C)C)c(N(C)C)c(N(C)C)c2C)(c2cc(N(C)C)c(N(C)C)c(N(C)C)c2C)c2cc(N(C)C)c(N(C)C)c(N(C)C)c2C)C(C)=C1C.[Cl-].[Cl-].[Cl-]. The van der Waals surface area contributed by atoms with E-state index in [4.69, 9.17) is 0 Å². The minimum absolute atomic E-state index is 0. The van der Waals surface area contributed by atoms with Crippen molar-refractivity contribution in [1.82, 2.24) is 0 Å². The van der Waals surface area contributed by atoms with Gasteiger partial charge >= 0.3 is 375 Å². The summed E-state index contributed by atoms with van der Waals surface area (Å²) in [5.41, 5.74) is 20.9. The van der Waals surface area contributed by atoms with Gasteiger partial charge in [-0.3, -0.25) is 0 Å². The van der Waals surface area contributed by atoms with Crippen molar-refractivity contribution in [3.63, 3.8) is 0 Å². The average Bonchev–Trinajstić information content (AvgIpc) is 3.26. The van der Waals surface area contributed by atoms with Gasteiger partial charge in [-0.05, 0) is 0 Å². The smallest absolute Gasteiger partial charge is 1.00 e. The van der Waals surface area contributed by atoms with Crippen molar-refractivity contribution in [1.29, 1.82) is 0 Å². The molecule has 0 spiro atoms. The standard InChI is InChI=1S/C48H78N9Si.3ClH.Ti/c1-29-30(2)32(4)48(31(29)3)58(39-26-36(49(8)9)45(55(20)21)42(33(39)5)52(14)15,40-27-37(50(10)11)46(56(22)23)43(34(40)6)53(16)17)41-28-38(51(12)13)47(57(24)25)44(35(41)7)54(18)19;;;;/h26-28H,1-25H3;3*1H;/q;;;;+3/p-3. The summed E-state index contributed by atoms with van der Waals surface area (Å²) in [6, 6.07) is 7.85. The molecule has 3 aromatic rings. The Morgan fingerprint density at radius 3 is 0.694 bits per heavy atom. The molecule has 14 heteroatoms. The van der Waals surface area contributed by atoms with Crippen LogP contribution in [0.25, 0.3) is 0 Å². The van der Waals surface area contributed by atoms with Crippen molar-refractivity contribution < 1.29 is 57.7 Å². The molecule has 62 heavy (non-hydrogen) atoms. The van der Waals surface area contributed by atoms with Crippen LogP contribution in [0, 0.1) is 20.8 Å². The number of anilines is 9. The van der Waals surface area contributed by atoms with Gasteiger partial charge in [0.1, 0.15) is 0 Å². The van der Waals surface area contributed by atoms with Crippen molar-refractivity contribution >= 4 is 74.8 Å². The summed E-state index contributed by atoms with van der Waals surface area (Å²) < 4.78 is -0.367. The molecule has 1 aliphatic rings. The molecule has 0 amide bonds. The van der Waals surface area contributed by atoms with E-state index in [1.54, 1.807) is 0 Å². The molecule has 0 fully saturated rings. The van der Waals surface area contributed by atoms with Gasteiger partial charge in [-0.2, -0.15) is 0 Å². The summed E-state index contributed by atoms with van der Waals surface area (Å²) in [5.74, 6) is 0. The first-order valence-electron chi connectivity index (χ1n) is 20.8. The Morgan fingerprint density at radius 2 is 0.532 bits per heavy atom. The maximum atomic E-state index is 2.63. The summed E-state index contributed by atoms with van der Waals surface area (Å²) >= 11 is 2.63. The molecule has 0 atom stereocenters. The molecular formula is C48H78Cl3N9SiTi. The maximum Gasteiger partial charge on any atom is -1.00 e. The predicted molar refractivity (Wildman–Crippen MR) is 267 cm³/mol. The Labute approximate surface area is 409 Å². The molecule has 3 aromatic carbocycles. The van der Waals surface area contributed by atoms with Gasteiger partial charge in [-0.1, -0.05) is 0 Å². The second-order valence-electron chi connectivity index (χ2n) is 18.8. The Balaban J connectivity index is 0.00000641. The molecule has 0 saturated heterocycles. The van der Waals surface area contributed by atoms with E-state index in [0.29, 0.717) is 0 Å². The van der Waals surface area contributed by atoms with Crippen LogP contribution < -0.4 is 96.9 Å². The Morgan fingerprint density at radius 1 is 0.339 bits per heavy atom. The third-order valence-electron chi connectivity index (χ3n) is 13.2. The van der Waals surface area contributed by atoms with E-state index in [9.17, 15) is 0 Å². The third-order valence-corrected chi connectivity index (χ3v) is 22.0. The topological polar surface area (TPSA) is 29.2 Å². The van der Waals surface area contributed by atoms with Crippen molar-refractivity contribution in [3.8, 4) is 0 Å². The minimum Gasteiger partial charge on any atom is -1.00 e. The van der Waals surface area contributed by atoms with Crippen LogP contribution in [0.5, 0.6) is 0 Å². The molecule has 0 radical (unpaired) electrons. The van der Waals surface area contributed by atoms with Crippen LogP contribution >= 0.6 is 0 Å². The van der Waals surface area contributed by atoms with Crippen molar-refractivity contribution in [2.24, 2.45) is 0 Å². The summed E-state index contributed by atoms with van der Waals surface area (Å²) in [6.07, 6.45) is 0. The van der Waals surface area contributed by atoms with Crippen LogP contribution in [-0.2, 0) is 20.4 Å². The van der Waals surface area contributed by atoms with Crippen molar-refractivity contribution in [3.05, 3.63) is 57.2 Å². The van der Waals surface area contributed by atoms with Gasteiger partial charge in [-0.15, -0.1) is 0 Å². The van der Waals surface area contributed by atoms with Crippen LogP contribution in [0.2, 0.25) is 3.34 Å². The second-order valence-corrected chi connectivity index (χ2v) is 24.7. The fourth-order valence-electron chi connectivity index (χ4n) is 10.4. The zero-order chi connectivity index (χ0) is 45.3. The van der Waals surface area contributed by atoms with Crippen LogP contribution in [0.1, 0.15) is 44.4 Å². The first kappa shape index (κ1) is 57.2. The number of hydrogen-bond acceptors (Lipinski definition) is 9. The minimum atomic E-state index is -3.43. The number of halogens is 3. The Kier molecular flexibility index (Phi) is 18.9. The van der Waals surface area contributed by atoms with E-state index in [1.807, 2.05) is 0 Å². The number of nitrogens with zero attached hydrogens (tertiary/aromatic N) is 9. The normalized spacial score (nSPS) is 13.3. The molecule has 0 unspecified atom stereocenters. The molecule has 344 valence electrons. The quantitative estimate of drug-likeness (QED) is 0.138. The van der Waals surface area contributed by atoms with Crippen LogP contribution in [0.4, 0.5) is 51.2 Å². The molecule has 0 aromatic heterocycles. The van der Waals surface area contributed by atoms with Gasteiger partial charge in [0.15, 0.2) is 0 Å². The third kappa shape index (κ3) is 8.67. The number of benzene rings is 3. The monoisotopic (exact) mass is 961 g/mol. The van der Waals surface area contributed by atoms with Crippen molar-refractivity contribution in [2.75, 3.05) is 171 Å². The fourth-order valence-corrected chi connectivity index (χ4v) is 19.5. The molecule has 0 saturated carbocycles.